The van der Waals surface area contributed by atoms with E-state index in [1.807, 2.05) is 6.92 Å². The highest BCUT2D eigenvalue weighted by molar-refractivity contribution is 7.89. The van der Waals surface area contributed by atoms with Gasteiger partial charge in [-0.3, -0.25) is 5.41 Å². The number of sulfonamides is 1. The van der Waals surface area contributed by atoms with Crippen LogP contribution in [0.3, 0.4) is 0 Å². The fourth-order valence-electron chi connectivity index (χ4n) is 5.77. The van der Waals surface area contributed by atoms with Gasteiger partial charge in [0, 0.05) is 41.1 Å². The summed E-state index contributed by atoms with van der Waals surface area (Å²) in [5.74, 6) is -3.42. The number of nitrogen functional groups attached to an aromatic ring is 1. The lowest BCUT2D eigenvalue weighted by molar-refractivity contribution is -0.305. The Balaban J connectivity index is 0.00000650. The maximum absolute atomic E-state index is 14.5. The van der Waals surface area contributed by atoms with Crippen molar-refractivity contribution in [1.82, 2.24) is 4.31 Å². The highest BCUT2D eigenvalue weighted by Crippen LogP contribution is 2.46. The zero-order chi connectivity index (χ0) is 35.2. The average molecular weight is 715 g/mol. The van der Waals surface area contributed by atoms with Crippen LogP contribution in [0, 0.1) is 5.41 Å². The van der Waals surface area contributed by atoms with Gasteiger partial charge in [0.2, 0.25) is 10.0 Å². The molecule has 0 unspecified atom stereocenters. The van der Waals surface area contributed by atoms with E-state index in [0.717, 1.165) is 31.7 Å². The Labute approximate surface area is 286 Å². The number of nitrogens with zero attached hydrogens (tertiary/aromatic N) is 1. The Bertz CT molecular complexity index is 2080. The molecule has 266 valence electrons. The van der Waals surface area contributed by atoms with Crippen molar-refractivity contribution in [1.29, 1.82) is 5.41 Å². The third-order valence-electron chi connectivity index (χ3n) is 8.06. The average Bonchev–Trinajstić information content (AvgIpc) is 3.01. The van der Waals surface area contributed by atoms with Crippen molar-refractivity contribution in [3.63, 3.8) is 0 Å². The van der Waals surface area contributed by atoms with Crippen molar-refractivity contribution in [3.05, 3.63) is 59.5 Å². The standard InChI is InChI=1S/C33H39N3O10S2.CH4/c1-2-3-4-5-10-19-36(20-11-6-7-14-27(37)38)47(41,42)31-25(34)17-15-23-28(21-12-8-9-13-22(21)33(39)40)24-16-18-26(35)32(48(43,44)45)30(24)46-29(23)31;/h8-9,12-13,15-18,35H,2-7,10-11,14,19-20,34H2,1H3,(H,37,38)(H,39,40)(H,43,44,45);1H4/p-3. The fourth-order valence-corrected chi connectivity index (χ4v) is 8.24. The van der Waals surface area contributed by atoms with E-state index in [1.165, 1.54) is 46.8 Å². The van der Waals surface area contributed by atoms with Crippen LogP contribution in [0.5, 0.6) is 0 Å². The van der Waals surface area contributed by atoms with Gasteiger partial charge in [-0.25, -0.2) is 16.8 Å². The number of carboxylic acids is 2. The monoisotopic (exact) mass is 714 g/mol. The van der Waals surface area contributed by atoms with Gasteiger partial charge in [0.15, 0.2) is 11.3 Å². The van der Waals surface area contributed by atoms with Crippen LogP contribution in [0.25, 0.3) is 33.4 Å². The van der Waals surface area contributed by atoms with E-state index in [4.69, 9.17) is 15.6 Å². The Morgan fingerprint density at radius 1 is 0.837 bits per heavy atom. The largest absolute Gasteiger partial charge is 0.744 e. The maximum atomic E-state index is 14.5. The Morgan fingerprint density at radius 3 is 2.08 bits per heavy atom. The predicted molar refractivity (Wildman–Crippen MR) is 179 cm³/mol. The summed E-state index contributed by atoms with van der Waals surface area (Å²) in [7, 11) is -9.89. The van der Waals surface area contributed by atoms with E-state index in [2.05, 4.69) is 0 Å². The summed E-state index contributed by atoms with van der Waals surface area (Å²) >= 11 is 0. The molecule has 0 saturated heterocycles. The summed E-state index contributed by atoms with van der Waals surface area (Å²) in [5, 5.41) is 30.6. The number of carbonyl (C=O) groups excluding carboxylic acids is 2. The molecule has 49 heavy (non-hydrogen) atoms. The van der Waals surface area contributed by atoms with Crippen molar-refractivity contribution in [3.8, 4) is 22.5 Å². The van der Waals surface area contributed by atoms with Gasteiger partial charge < -0.3 is 34.5 Å². The number of nitrogens with two attached hydrogens (primary N) is 1. The van der Waals surface area contributed by atoms with Crippen LogP contribution in [-0.4, -0.2) is 50.7 Å². The SMILES string of the molecule is C.CCCCCCCN(CCCCCC(=O)[O-])S(=O)(=O)c1c(N)ccc2c(-c3ccccc3C(=O)[O-])c3ccc(=N)c(S(=O)(=O)[O-])c-3oc12. The normalized spacial score (nSPS) is 12.0. The summed E-state index contributed by atoms with van der Waals surface area (Å²) in [6.45, 7) is 2.14. The molecule has 15 heteroatoms. The number of anilines is 1. The number of aliphatic carboxylic acids is 1. The number of hydrogen-bond donors (Lipinski definition) is 2. The highest BCUT2D eigenvalue weighted by atomic mass is 32.2. The number of carbonyl (C=O) groups is 2. The Hall–Kier alpha value is -4.31. The molecule has 4 rings (SSSR count). The molecule has 0 spiro atoms. The number of hydrogen-bond acceptors (Lipinski definition) is 12. The third kappa shape index (κ3) is 8.65. The molecule has 1 heterocycles. The maximum Gasteiger partial charge on any atom is 0.248 e. The zero-order valence-corrected chi connectivity index (χ0v) is 28.0. The van der Waals surface area contributed by atoms with Gasteiger partial charge in [0.05, 0.1) is 17.0 Å². The van der Waals surface area contributed by atoms with E-state index < -0.39 is 58.6 Å². The number of unbranched alkanes of at least 4 members (excludes halogenated alkanes) is 6. The van der Waals surface area contributed by atoms with E-state index in [0.29, 0.717) is 19.3 Å². The van der Waals surface area contributed by atoms with Crippen LogP contribution in [-0.2, 0) is 24.9 Å². The van der Waals surface area contributed by atoms with Crippen molar-refractivity contribution >= 4 is 48.7 Å². The molecule has 0 radical (unpaired) electrons. The molecule has 2 aromatic carbocycles. The molecule has 0 atom stereocenters. The van der Waals surface area contributed by atoms with E-state index in [9.17, 15) is 41.2 Å². The topological polar surface area (TPSA) is 238 Å². The first kappa shape index (κ1) is 39.1. The molecule has 0 aromatic heterocycles. The first-order valence-electron chi connectivity index (χ1n) is 15.5. The predicted octanol–water partition coefficient (Wildman–Crippen LogP) is 3.44. The van der Waals surface area contributed by atoms with Crippen LogP contribution in [0.15, 0.2) is 62.7 Å². The molecule has 0 amide bonds. The lowest BCUT2D eigenvalue weighted by Crippen LogP contribution is -2.34. The van der Waals surface area contributed by atoms with Crippen LogP contribution in [0.1, 0.15) is 82.5 Å². The summed E-state index contributed by atoms with van der Waals surface area (Å²) in [6, 6.07) is 10.7. The first-order valence-corrected chi connectivity index (χ1v) is 18.4. The van der Waals surface area contributed by atoms with Crippen molar-refractivity contribution in [2.45, 2.75) is 81.9 Å². The van der Waals surface area contributed by atoms with Crippen LogP contribution >= 0.6 is 0 Å². The second kappa shape index (κ2) is 16.4. The van der Waals surface area contributed by atoms with E-state index >= 15 is 0 Å². The number of aromatic carboxylic acids is 1. The second-order valence-corrected chi connectivity index (χ2v) is 14.6. The summed E-state index contributed by atoms with van der Waals surface area (Å²) in [6.07, 6.45) is 4.91. The van der Waals surface area contributed by atoms with Gasteiger partial charge in [-0.15, -0.1) is 0 Å². The van der Waals surface area contributed by atoms with Gasteiger partial charge in [-0.05, 0) is 55.5 Å². The molecule has 13 nitrogen and oxygen atoms in total. The van der Waals surface area contributed by atoms with Crippen molar-refractivity contribution < 1.29 is 45.6 Å². The quantitative estimate of drug-likeness (QED) is 0.0695. The lowest BCUT2D eigenvalue weighted by Gasteiger charge is -2.25. The fraction of sp³-hybridized carbons (Fsp3) is 0.382. The summed E-state index contributed by atoms with van der Waals surface area (Å²) in [4.78, 5) is 21.5. The third-order valence-corrected chi connectivity index (χ3v) is 10.9. The number of fused-ring (bicyclic) bond motifs is 2. The van der Waals surface area contributed by atoms with Crippen LogP contribution in [0.4, 0.5) is 5.69 Å². The minimum Gasteiger partial charge on any atom is -0.744 e. The summed E-state index contributed by atoms with van der Waals surface area (Å²) < 4.78 is 73.6. The molecule has 1 aliphatic carbocycles. The van der Waals surface area contributed by atoms with Gasteiger partial charge in [-0.1, -0.05) is 70.7 Å². The first-order chi connectivity index (χ1) is 22.7. The Morgan fingerprint density at radius 2 is 1.47 bits per heavy atom. The molecule has 0 bridgehead atoms. The number of nitrogens with one attached hydrogen (secondary N) is 1. The molecular weight excluding hydrogens is 675 g/mol. The van der Waals surface area contributed by atoms with Gasteiger partial charge >= 0.3 is 0 Å². The molecular formula is C34H40N3O10S2-3. The smallest absolute Gasteiger partial charge is 0.248 e. The minimum absolute atomic E-state index is 0. The summed E-state index contributed by atoms with van der Waals surface area (Å²) in [5.41, 5.74) is 5.31. The van der Waals surface area contributed by atoms with Gasteiger partial charge in [-0.2, -0.15) is 4.31 Å². The van der Waals surface area contributed by atoms with Crippen molar-refractivity contribution in [2.24, 2.45) is 0 Å². The molecule has 1 aliphatic heterocycles. The molecule has 0 fully saturated rings. The van der Waals surface area contributed by atoms with Crippen molar-refractivity contribution in [2.75, 3.05) is 18.8 Å². The van der Waals surface area contributed by atoms with E-state index in [1.54, 1.807) is 0 Å². The number of benzene rings is 3. The minimum atomic E-state index is -5.37. The van der Waals surface area contributed by atoms with Crippen LogP contribution in [0.2, 0.25) is 0 Å². The lowest BCUT2D eigenvalue weighted by atomic mass is 9.90. The number of rotatable bonds is 17. The van der Waals surface area contributed by atoms with Gasteiger partial charge in [0.25, 0.3) is 0 Å². The second-order valence-electron chi connectivity index (χ2n) is 11.4. The highest BCUT2D eigenvalue weighted by Gasteiger charge is 2.33. The molecule has 0 saturated carbocycles. The Kier molecular flexibility index (Phi) is 13.1. The zero-order valence-electron chi connectivity index (χ0n) is 26.3. The molecule has 2 aromatic rings. The molecule has 3 N–H and O–H groups in total. The van der Waals surface area contributed by atoms with Crippen LogP contribution < -0.4 is 21.3 Å². The molecule has 2 aliphatic rings. The van der Waals surface area contributed by atoms with Gasteiger partial charge in [0.1, 0.15) is 19.9 Å². The van der Waals surface area contributed by atoms with E-state index in [-0.39, 0.29) is 66.7 Å². The number of carboxylic acid groups (broad SMARTS) is 2.